The van der Waals surface area contributed by atoms with Crippen molar-refractivity contribution in [3.63, 3.8) is 0 Å². The average molecular weight is 148 g/mol. The van der Waals surface area contributed by atoms with Gasteiger partial charge in [0.1, 0.15) is 5.52 Å². The van der Waals surface area contributed by atoms with Gasteiger partial charge in [-0.15, -0.1) is 0 Å². The number of H-pyrrole nitrogens is 1. The molecule has 0 bridgehead atoms. The molecule has 0 aliphatic heterocycles. The van der Waals surface area contributed by atoms with Crippen molar-refractivity contribution in [2.75, 3.05) is 12.4 Å². The number of aromatic amines is 1. The summed E-state index contributed by atoms with van der Waals surface area (Å²) in [6.07, 6.45) is 1.74. The van der Waals surface area contributed by atoms with Crippen molar-refractivity contribution in [3.05, 3.63) is 18.3 Å². The van der Waals surface area contributed by atoms with E-state index in [9.17, 15) is 0 Å². The molecule has 0 aromatic carbocycles. The fourth-order valence-corrected chi connectivity index (χ4v) is 0.962. The van der Waals surface area contributed by atoms with Crippen LogP contribution in [-0.4, -0.2) is 22.0 Å². The second-order valence-electron chi connectivity index (χ2n) is 2.21. The van der Waals surface area contributed by atoms with Crippen LogP contribution >= 0.6 is 0 Å². The minimum atomic E-state index is 0.749. The molecule has 2 N–H and O–H groups in total. The highest BCUT2D eigenvalue weighted by atomic mass is 15.1. The van der Waals surface area contributed by atoms with Crippen LogP contribution in [0, 0.1) is 0 Å². The number of fused-ring (bicyclic) bond motifs is 1. The van der Waals surface area contributed by atoms with Gasteiger partial charge in [0.15, 0.2) is 5.65 Å². The highest BCUT2D eigenvalue weighted by Crippen LogP contribution is 2.09. The van der Waals surface area contributed by atoms with Crippen LogP contribution in [0.25, 0.3) is 11.2 Å². The summed E-state index contributed by atoms with van der Waals surface area (Å²) >= 11 is 0. The molecule has 0 saturated carbocycles. The number of nitrogens with one attached hydrogen (secondary N) is 2. The summed E-state index contributed by atoms with van der Waals surface area (Å²) in [5.74, 6) is 0.749. The van der Waals surface area contributed by atoms with E-state index in [2.05, 4.69) is 20.3 Å². The molecule has 0 spiro atoms. The number of nitrogens with zero attached hydrogens (tertiary/aromatic N) is 2. The molecule has 11 heavy (non-hydrogen) atoms. The Hall–Kier alpha value is -1.58. The van der Waals surface area contributed by atoms with Crippen LogP contribution in [0.5, 0.6) is 0 Å². The quantitative estimate of drug-likeness (QED) is 0.634. The summed E-state index contributed by atoms with van der Waals surface area (Å²) in [7, 11) is 1.82. The second-order valence-corrected chi connectivity index (χ2v) is 2.21. The van der Waals surface area contributed by atoms with E-state index in [-0.39, 0.29) is 0 Å². The lowest BCUT2D eigenvalue weighted by Gasteiger charge is -1.86. The monoisotopic (exact) mass is 148 g/mol. The van der Waals surface area contributed by atoms with E-state index in [4.69, 9.17) is 0 Å². The molecule has 0 unspecified atom stereocenters. The molecule has 4 heteroatoms. The van der Waals surface area contributed by atoms with E-state index >= 15 is 0 Å². The number of imidazole rings is 1. The maximum Gasteiger partial charge on any atom is 0.202 e. The normalized spacial score (nSPS) is 10.3. The Bertz CT molecular complexity index is 332. The zero-order chi connectivity index (χ0) is 7.68. The minimum Gasteiger partial charge on any atom is -0.359 e. The van der Waals surface area contributed by atoms with Crippen LogP contribution in [0.1, 0.15) is 0 Å². The highest BCUT2D eigenvalue weighted by molar-refractivity contribution is 5.72. The average Bonchev–Trinajstić information content (AvgIpc) is 2.46. The number of rotatable bonds is 1. The summed E-state index contributed by atoms with van der Waals surface area (Å²) in [6, 6.07) is 3.78. The van der Waals surface area contributed by atoms with Crippen LogP contribution in [0.2, 0.25) is 0 Å². The van der Waals surface area contributed by atoms with Crippen molar-refractivity contribution in [2.24, 2.45) is 0 Å². The zero-order valence-corrected chi connectivity index (χ0v) is 6.13. The third-order valence-corrected chi connectivity index (χ3v) is 1.49. The first-order valence-electron chi connectivity index (χ1n) is 3.38. The third kappa shape index (κ3) is 0.920. The largest absolute Gasteiger partial charge is 0.359 e. The summed E-state index contributed by atoms with van der Waals surface area (Å²) in [4.78, 5) is 11.3. The molecule has 0 atom stereocenters. The maximum absolute atomic E-state index is 4.20. The van der Waals surface area contributed by atoms with Gasteiger partial charge < -0.3 is 10.3 Å². The number of aromatic nitrogens is 3. The van der Waals surface area contributed by atoms with Crippen LogP contribution in [-0.2, 0) is 0 Å². The summed E-state index contributed by atoms with van der Waals surface area (Å²) in [5.41, 5.74) is 1.70. The number of hydrogen-bond donors (Lipinski definition) is 2. The van der Waals surface area contributed by atoms with Crippen molar-refractivity contribution in [1.82, 2.24) is 15.0 Å². The zero-order valence-electron chi connectivity index (χ0n) is 6.13. The van der Waals surface area contributed by atoms with Gasteiger partial charge in [-0.2, -0.15) is 0 Å². The van der Waals surface area contributed by atoms with Crippen molar-refractivity contribution < 1.29 is 0 Å². The SMILES string of the molecule is CNc1nc2cccnc2[nH]1. The topological polar surface area (TPSA) is 53.6 Å². The Kier molecular flexibility index (Phi) is 1.25. The minimum absolute atomic E-state index is 0.749. The summed E-state index contributed by atoms with van der Waals surface area (Å²) in [6.45, 7) is 0. The Morgan fingerprint density at radius 2 is 2.45 bits per heavy atom. The molecule has 0 aliphatic carbocycles. The van der Waals surface area contributed by atoms with Crippen molar-refractivity contribution in [1.29, 1.82) is 0 Å². The van der Waals surface area contributed by atoms with Gasteiger partial charge in [-0.25, -0.2) is 9.97 Å². The number of hydrogen-bond acceptors (Lipinski definition) is 3. The first-order valence-corrected chi connectivity index (χ1v) is 3.38. The molecule has 0 saturated heterocycles. The lowest BCUT2D eigenvalue weighted by atomic mass is 10.4. The highest BCUT2D eigenvalue weighted by Gasteiger charge is 1.98. The molecule has 4 nitrogen and oxygen atoms in total. The molecule has 2 heterocycles. The van der Waals surface area contributed by atoms with E-state index in [0.717, 1.165) is 17.1 Å². The second kappa shape index (κ2) is 2.23. The molecule has 2 rings (SSSR count). The van der Waals surface area contributed by atoms with Gasteiger partial charge in [-0.1, -0.05) is 0 Å². The first kappa shape index (κ1) is 6.15. The fraction of sp³-hybridized carbons (Fsp3) is 0.143. The van der Waals surface area contributed by atoms with E-state index < -0.39 is 0 Å². The Balaban J connectivity index is 2.69. The van der Waals surface area contributed by atoms with Crippen LogP contribution < -0.4 is 5.32 Å². The van der Waals surface area contributed by atoms with Gasteiger partial charge in [-0.3, -0.25) is 0 Å². The molecular formula is C7H8N4. The van der Waals surface area contributed by atoms with Gasteiger partial charge in [0, 0.05) is 13.2 Å². The summed E-state index contributed by atoms with van der Waals surface area (Å²) in [5, 5.41) is 2.91. The fourth-order valence-electron chi connectivity index (χ4n) is 0.962. The van der Waals surface area contributed by atoms with E-state index in [1.807, 2.05) is 19.2 Å². The van der Waals surface area contributed by atoms with Gasteiger partial charge in [0.05, 0.1) is 0 Å². The molecule has 2 aromatic rings. The molecule has 56 valence electrons. The van der Waals surface area contributed by atoms with Gasteiger partial charge in [-0.05, 0) is 12.1 Å². The predicted molar refractivity (Wildman–Crippen MR) is 43.4 cm³/mol. The molecule has 0 amide bonds. The molecule has 0 radical (unpaired) electrons. The van der Waals surface area contributed by atoms with Gasteiger partial charge in [0.25, 0.3) is 0 Å². The number of anilines is 1. The Morgan fingerprint density at radius 1 is 1.55 bits per heavy atom. The van der Waals surface area contributed by atoms with Crippen molar-refractivity contribution >= 4 is 17.1 Å². The Labute approximate surface area is 63.7 Å². The van der Waals surface area contributed by atoms with Crippen LogP contribution in [0.15, 0.2) is 18.3 Å². The van der Waals surface area contributed by atoms with Crippen molar-refractivity contribution in [2.45, 2.75) is 0 Å². The maximum atomic E-state index is 4.20. The molecule has 0 fully saturated rings. The Morgan fingerprint density at radius 3 is 3.18 bits per heavy atom. The van der Waals surface area contributed by atoms with Gasteiger partial charge >= 0.3 is 0 Å². The smallest absolute Gasteiger partial charge is 0.202 e. The number of pyridine rings is 1. The molecular weight excluding hydrogens is 140 g/mol. The molecule has 0 aliphatic rings. The molecule has 2 aromatic heterocycles. The van der Waals surface area contributed by atoms with E-state index in [1.54, 1.807) is 6.20 Å². The summed E-state index contributed by atoms with van der Waals surface area (Å²) < 4.78 is 0. The standard InChI is InChI=1S/C7H8N4/c1-8-7-10-5-3-2-4-9-6(5)11-7/h2-4H,1H3,(H2,8,9,10,11). The third-order valence-electron chi connectivity index (χ3n) is 1.49. The first-order chi connectivity index (χ1) is 5.40. The predicted octanol–water partition coefficient (Wildman–Crippen LogP) is 1.000. The lowest BCUT2D eigenvalue weighted by molar-refractivity contribution is 1.26. The van der Waals surface area contributed by atoms with Crippen molar-refractivity contribution in [3.8, 4) is 0 Å². The van der Waals surface area contributed by atoms with E-state index in [1.165, 1.54) is 0 Å². The van der Waals surface area contributed by atoms with Gasteiger partial charge in [0.2, 0.25) is 5.95 Å². The van der Waals surface area contributed by atoms with Crippen LogP contribution in [0.4, 0.5) is 5.95 Å². The van der Waals surface area contributed by atoms with E-state index in [0.29, 0.717) is 0 Å². The van der Waals surface area contributed by atoms with Crippen LogP contribution in [0.3, 0.4) is 0 Å². The lowest BCUT2D eigenvalue weighted by Crippen LogP contribution is -1.88.